The molecule has 0 unspecified atom stereocenters. The number of nitrogens with one attached hydrogen (secondary N) is 1. The third kappa shape index (κ3) is 5.93. The molecule has 0 spiro atoms. The number of amides is 2. The van der Waals surface area contributed by atoms with Crippen molar-refractivity contribution in [2.75, 3.05) is 11.9 Å². The van der Waals surface area contributed by atoms with Crippen molar-refractivity contribution in [2.45, 2.75) is 32.7 Å². The summed E-state index contributed by atoms with van der Waals surface area (Å²) in [6.07, 6.45) is 0.462. The summed E-state index contributed by atoms with van der Waals surface area (Å²) in [5.41, 5.74) is 0.619. The van der Waals surface area contributed by atoms with Gasteiger partial charge in [-0.1, -0.05) is 11.6 Å². The minimum atomic E-state index is -0.862. The fraction of sp³-hybridized carbons (Fsp3) is 0.429. The van der Waals surface area contributed by atoms with E-state index in [0.717, 1.165) is 0 Å². The smallest absolute Gasteiger partial charge is 0.322 e. The summed E-state index contributed by atoms with van der Waals surface area (Å²) in [6.45, 7) is 4.16. The molecule has 1 rings (SSSR count). The summed E-state index contributed by atoms with van der Waals surface area (Å²) in [6, 6.07) is 4.80. The zero-order valence-electron chi connectivity index (χ0n) is 11.9. The molecule has 0 aliphatic heterocycles. The van der Waals surface area contributed by atoms with Crippen LogP contribution in [0, 0.1) is 0 Å². The van der Waals surface area contributed by atoms with Crippen LogP contribution >= 0.6 is 27.5 Å². The summed E-state index contributed by atoms with van der Waals surface area (Å²) in [5.74, 6) is -0.862. The van der Waals surface area contributed by atoms with Crippen molar-refractivity contribution in [3.05, 3.63) is 27.7 Å². The first-order valence-electron chi connectivity index (χ1n) is 6.55. The minimum Gasteiger partial charge on any atom is -0.481 e. The summed E-state index contributed by atoms with van der Waals surface area (Å²) >= 11 is 9.19. The topological polar surface area (TPSA) is 69.6 Å². The molecule has 1 aromatic carbocycles. The molecule has 0 fully saturated rings. The molecule has 2 amide bonds. The zero-order valence-corrected chi connectivity index (χ0v) is 14.2. The molecule has 0 heterocycles. The largest absolute Gasteiger partial charge is 0.481 e. The Kier molecular flexibility index (Phi) is 6.98. The number of benzene rings is 1. The van der Waals surface area contributed by atoms with Gasteiger partial charge in [-0.05, 0) is 54.4 Å². The van der Waals surface area contributed by atoms with Crippen LogP contribution < -0.4 is 5.32 Å². The van der Waals surface area contributed by atoms with E-state index in [4.69, 9.17) is 16.7 Å². The van der Waals surface area contributed by atoms with Gasteiger partial charge in [0.1, 0.15) is 0 Å². The average molecular weight is 378 g/mol. The van der Waals surface area contributed by atoms with Crippen LogP contribution in [0.2, 0.25) is 5.02 Å². The SMILES string of the molecule is CC(C)N(CCCC(=O)O)C(=O)Nc1ccc(Cl)cc1Br. The van der Waals surface area contributed by atoms with Gasteiger partial charge >= 0.3 is 12.0 Å². The van der Waals surface area contributed by atoms with E-state index in [9.17, 15) is 9.59 Å². The summed E-state index contributed by atoms with van der Waals surface area (Å²) in [5, 5.41) is 12.0. The molecule has 1 aromatic rings. The average Bonchev–Trinajstić information content (AvgIpc) is 2.37. The van der Waals surface area contributed by atoms with Crippen molar-refractivity contribution in [1.82, 2.24) is 4.90 Å². The van der Waals surface area contributed by atoms with Gasteiger partial charge in [0, 0.05) is 28.5 Å². The maximum Gasteiger partial charge on any atom is 0.322 e. The van der Waals surface area contributed by atoms with Crippen molar-refractivity contribution >= 4 is 45.2 Å². The monoisotopic (exact) mass is 376 g/mol. The van der Waals surface area contributed by atoms with Gasteiger partial charge in [0.05, 0.1) is 5.69 Å². The highest BCUT2D eigenvalue weighted by atomic mass is 79.9. The second kappa shape index (κ2) is 8.24. The lowest BCUT2D eigenvalue weighted by Gasteiger charge is -2.27. The Morgan fingerprint density at radius 1 is 1.43 bits per heavy atom. The summed E-state index contributed by atoms with van der Waals surface area (Å²) < 4.78 is 0.692. The first-order chi connectivity index (χ1) is 9.81. The van der Waals surface area contributed by atoms with E-state index in [2.05, 4.69) is 21.2 Å². The highest BCUT2D eigenvalue weighted by Crippen LogP contribution is 2.26. The zero-order chi connectivity index (χ0) is 16.0. The van der Waals surface area contributed by atoms with Crippen LogP contribution in [0.5, 0.6) is 0 Å². The van der Waals surface area contributed by atoms with Crippen LogP contribution in [-0.2, 0) is 4.79 Å². The van der Waals surface area contributed by atoms with Gasteiger partial charge in [-0.15, -0.1) is 0 Å². The molecule has 0 atom stereocenters. The lowest BCUT2D eigenvalue weighted by Crippen LogP contribution is -2.40. The number of rotatable bonds is 6. The van der Waals surface area contributed by atoms with E-state index < -0.39 is 5.97 Å². The third-order valence-corrected chi connectivity index (χ3v) is 3.74. The number of anilines is 1. The van der Waals surface area contributed by atoms with Crippen LogP contribution in [0.25, 0.3) is 0 Å². The van der Waals surface area contributed by atoms with Crippen molar-refractivity contribution < 1.29 is 14.7 Å². The molecule has 116 valence electrons. The number of carboxylic acid groups (broad SMARTS) is 1. The van der Waals surface area contributed by atoms with Crippen LogP contribution in [0.4, 0.5) is 10.5 Å². The maximum atomic E-state index is 12.3. The number of carbonyl (C=O) groups excluding carboxylic acids is 1. The molecule has 7 heteroatoms. The van der Waals surface area contributed by atoms with E-state index >= 15 is 0 Å². The summed E-state index contributed by atoms with van der Waals surface area (Å²) in [4.78, 5) is 24.4. The van der Waals surface area contributed by atoms with E-state index in [-0.39, 0.29) is 18.5 Å². The van der Waals surface area contributed by atoms with Gasteiger partial charge in [-0.3, -0.25) is 4.79 Å². The number of urea groups is 1. The van der Waals surface area contributed by atoms with Gasteiger partial charge in [0.15, 0.2) is 0 Å². The maximum absolute atomic E-state index is 12.3. The third-order valence-electron chi connectivity index (χ3n) is 2.85. The van der Waals surface area contributed by atoms with Crippen LogP contribution in [0.15, 0.2) is 22.7 Å². The first kappa shape index (κ1) is 17.8. The molecule has 0 aliphatic carbocycles. The molecule has 0 saturated heterocycles. The molecular formula is C14H18BrClN2O3. The van der Waals surface area contributed by atoms with Crippen molar-refractivity contribution in [3.8, 4) is 0 Å². The van der Waals surface area contributed by atoms with Gasteiger partial charge in [-0.25, -0.2) is 4.79 Å². The first-order valence-corrected chi connectivity index (χ1v) is 7.73. The van der Waals surface area contributed by atoms with E-state index in [0.29, 0.717) is 28.1 Å². The fourth-order valence-corrected chi connectivity index (χ4v) is 2.55. The Hall–Kier alpha value is -1.27. The van der Waals surface area contributed by atoms with Crippen molar-refractivity contribution in [3.63, 3.8) is 0 Å². The van der Waals surface area contributed by atoms with E-state index in [1.807, 2.05) is 13.8 Å². The minimum absolute atomic E-state index is 0.0233. The normalized spacial score (nSPS) is 10.5. The number of aliphatic carboxylic acids is 1. The Bertz CT molecular complexity index is 523. The van der Waals surface area contributed by atoms with Gasteiger partial charge in [0.25, 0.3) is 0 Å². The predicted molar refractivity (Wildman–Crippen MR) is 86.9 cm³/mol. The Morgan fingerprint density at radius 2 is 2.10 bits per heavy atom. The molecule has 0 saturated carbocycles. The van der Waals surface area contributed by atoms with Gasteiger partial charge in [0.2, 0.25) is 0 Å². The molecular weight excluding hydrogens is 360 g/mol. The van der Waals surface area contributed by atoms with Crippen molar-refractivity contribution in [1.29, 1.82) is 0 Å². The number of carbonyl (C=O) groups is 2. The number of carboxylic acids is 1. The predicted octanol–water partition coefficient (Wildman–Crippen LogP) is 4.21. The van der Waals surface area contributed by atoms with Crippen LogP contribution in [0.3, 0.4) is 0 Å². The lowest BCUT2D eigenvalue weighted by molar-refractivity contribution is -0.137. The molecule has 0 aromatic heterocycles. The lowest BCUT2D eigenvalue weighted by atomic mass is 10.2. The second-order valence-electron chi connectivity index (χ2n) is 4.84. The Morgan fingerprint density at radius 3 is 2.62 bits per heavy atom. The van der Waals surface area contributed by atoms with E-state index in [1.54, 1.807) is 23.1 Å². The highest BCUT2D eigenvalue weighted by molar-refractivity contribution is 9.10. The van der Waals surface area contributed by atoms with Crippen LogP contribution in [0.1, 0.15) is 26.7 Å². The molecule has 2 N–H and O–H groups in total. The highest BCUT2D eigenvalue weighted by Gasteiger charge is 2.18. The number of halogens is 2. The fourth-order valence-electron chi connectivity index (χ4n) is 1.77. The molecule has 5 nitrogen and oxygen atoms in total. The van der Waals surface area contributed by atoms with Crippen molar-refractivity contribution in [2.24, 2.45) is 0 Å². The van der Waals surface area contributed by atoms with E-state index in [1.165, 1.54) is 0 Å². The van der Waals surface area contributed by atoms with Gasteiger partial charge in [-0.2, -0.15) is 0 Å². The number of hydrogen-bond donors (Lipinski definition) is 2. The Labute approximate surface area is 137 Å². The molecule has 21 heavy (non-hydrogen) atoms. The molecule has 0 aliphatic rings. The quantitative estimate of drug-likeness (QED) is 0.780. The number of nitrogens with zero attached hydrogens (tertiary/aromatic N) is 1. The molecule has 0 bridgehead atoms. The second-order valence-corrected chi connectivity index (χ2v) is 6.13. The Balaban J connectivity index is 2.70. The summed E-state index contributed by atoms with van der Waals surface area (Å²) in [7, 11) is 0. The molecule has 0 radical (unpaired) electrons. The van der Waals surface area contributed by atoms with Gasteiger partial charge < -0.3 is 15.3 Å². The van der Waals surface area contributed by atoms with Crippen LogP contribution in [-0.4, -0.2) is 34.6 Å². The standard InChI is InChI=1S/C14H18BrClN2O3/c1-9(2)18(7-3-4-13(19)20)14(21)17-12-6-5-10(16)8-11(12)15/h5-6,8-9H,3-4,7H2,1-2H3,(H,17,21)(H,19,20). The number of hydrogen-bond acceptors (Lipinski definition) is 2.